The van der Waals surface area contributed by atoms with Crippen molar-refractivity contribution in [2.24, 2.45) is 0 Å². The zero-order valence-corrected chi connectivity index (χ0v) is 31.1. The van der Waals surface area contributed by atoms with Gasteiger partial charge in [-0.3, -0.25) is 9.55 Å². The van der Waals surface area contributed by atoms with Crippen molar-refractivity contribution < 1.29 is 5.11 Å². The molecule has 0 saturated heterocycles. The van der Waals surface area contributed by atoms with Crippen LogP contribution in [0.3, 0.4) is 0 Å². The van der Waals surface area contributed by atoms with Gasteiger partial charge in [-0.15, -0.1) is 0 Å². The summed E-state index contributed by atoms with van der Waals surface area (Å²) in [6, 6.07) is 63.0. The Morgan fingerprint density at radius 1 is 0.500 bits per heavy atom. The van der Waals surface area contributed by atoms with E-state index in [-0.39, 0.29) is 11.2 Å². The minimum Gasteiger partial charge on any atom is -0.507 e. The van der Waals surface area contributed by atoms with Crippen molar-refractivity contribution in [2.75, 3.05) is 0 Å². The number of para-hydroxylation sites is 5. The number of nitrogens with zero attached hydrogens (tertiary/aromatic N) is 4. The molecule has 56 heavy (non-hydrogen) atoms. The third-order valence-corrected chi connectivity index (χ3v) is 11.2. The molecular weight excluding hydrogens is 685 g/mol. The number of hydrogen-bond donors (Lipinski definition) is 1. The van der Waals surface area contributed by atoms with E-state index >= 15 is 0 Å². The first-order chi connectivity index (χ1) is 27.5. The number of phenolic OH excluding ortho intramolecular Hbond substituents is 1. The second kappa shape index (κ2) is 13.3. The molecule has 3 heterocycles. The van der Waals surface area contributed by atoms with Crippen LogP contribution in [-0.4, -0.2) is 24.2 Å². The van der Waals surface area contributed by atoms with Gasteiger partial charge in [-0.05, 0) is 83.4 Å². The second-order valence-electron chi connectivity index (χ2n) is 14.8. The summed E-state index contributed by atoms with van der Waals surface area (Å²) in [6.07, 6.45) is 1.94. The van der Waals surface area contributed by atoms with Crippen LogP contribution in [-0.2, 0) is 5.41 Å². The lowest BCUT2D eigenvalue weighted by molar-refractivity contribution is 0.477. The van der Waals surface area contributed by atoms with E-state index in [4.69, 9.17) is 9.97 Å². The standard InChI is InChI=1S/C51H38N4O/c1-51(2,36-17-6-3-7-18-36)37-32-34(40-25-16-27-45-48(40)53-50(43-24-13-15-28-46(43)56)55(45)39-21-10-5-11-22-39)31-35(33-37)47-49-42(29-30-52-47)41-23-12-14-26-44(41)54(49)38-19-8-4-9-20-38/h3-33,56H,1-2H3. The van der Waals surface area contributed by atoms with Gasteiger partial charge >= 0.3 is 0 Å². The Morgan fingerprint density at radius 3 is 1.86 bits per heavy atom. The molecule has 0 aliphatic carbocycles. The molecular formula is C51H38N4O. The Balaban J connectivity index is 1.28. The van der Waals surface area contributed by atoms with Gasteiger partial charge in [-0.2, -0.15) is 0 Å². The van der Waals surface area contributed by atoms with E-state index in [1.165, 1.54) is 10.9 Å². The number of pyridine rings is 1. The SMILES string of the molecule is CC(C)(c1ccccc1)c1cc(-c2cccc3c2nc(-c2ccccc2O)n3-c2ccccc2)cc(-c2nccc3c4ccccc4n(-c4ccccc4)c23)c1. The number of imidazole rings is 1. The maximum atomic E-state index is 11.1. The van der Waals surface area contributed by atoms with E-state index in [0.717, 1.165) is 66.8 Å². The van der Waals surface area contributed by atoms with Crippen LogP contribution in [0.4, 0.5) is 0 Å². The molecule has 3 aromatic heterocycles. The topological polar surface area (TPSA) is 55.9 Å². The number of fused-ring (bicyclic) bond motifs is 4. The molecule has 0 atom stereocenters. The molecule has 0 aliphatic heterocycles. The van der Waals surface area contributed by atoms with Gasteiger partial charge in [0.05, 0.1) is 33.3 Å². The maximum Gasteiger partial charge on any atom is 0.149 e. The monoisotopic (exact) mass is 722 g/mol. The van der Waals surface area contributed by atoms with Crippen molar-refractivity contribution in [1.29, 1.82) is 0 Å². The van der Waals surface area contributed by atoms with E-state index in [2.05, 4.69) is 163 Å². The number of hydrogen-bond acceptors (Lipinski definition) is 3. The zero-order valence-electron chi connectivity index (χ0n) is 31.1. The second-order valence-corrected chi connectivity index (χ2v) is 14.8. The Bertz CT molecular complexity index is 3050. The molecule has 268 valence electrons. The summed E-state index contributed by atoms with van der Waals surface area (Å²) in [6.45, 7) is 4.59. The Labute approximate surface area is 325 Å². The van der Waals surface area contributed by atoms with Crippen LogP contribution in [0.25, 0.3) is 78.0 Å². The van der Waals surface area contributed by atoms with Gasteiger partial charge in [0.1, 0.15) is 11.6 Å². The Kier molecular flexibility index (Phi) is 7.89. The largest absolute Gasteiger partial charge is 0.507 e. The molecule has 5 nitrogen and oxygen atoms in total. The van der Waals surface area contributed by atoms with E-state index in [0.29, 0.717) is 11.4 Å². The van der Waals surface area contributed by atoms with Crippen LogP contribution >= 0.6 is 0 Å². The first-order valence-corrected chi connectivity index (χ1v) is 19.0. The zero-order chi connectivity index (χ0) is 37.8. The predicted octanol–water partition coefficient (Wildman–Crippen LogP) is 12.6. The van der Waals surface area contributed by atoms with Crippen molar-refractivity contribution in [3.63, 3.8) is 0 Å². The number of aromatic hydroxyl groups is 1. The minimum absolute atomic E-state index is 0.184. The Hall–Kier alpha value is -7.24. The quantitative estimate of drug-likeness (QED) is 0.178. The summed E-state index contributed by atoms with van der Waals surface area (Å²) >= 11 is 0. The molecule has 10 rings (SSSR count). The van der Waals surface area contributed by atoms with Crippen molar-refractivity contribution in [3.8, 4) is 50.9 Å². The highest BCUT2D eigenvalue weighted by Crippen LogP contribution is 2.43. The van der Waals surface area contributed by atoms with Gasteiger partial charge in [-0.1, -0.05) is 129 Å². The lowest BCUT2D eigenvalue weighted by Crippen LogP contribution is -2.19. The van der Waals surface area contributed by atoms with Crippen LogP contribution in [0, 0.1) is 0 Å². The average molecular weight is 723 g/mol. The average Bonchev–Trinajstić information content (AvgIpc) is 3.81. The van der Waals surface area contributed by atoms with Crippen LogP contribution in [0.2, 0.25) is 0 Å². The molecule has 0 aliphatic rings. The summed E-state index contributed by atoms with van der Waals surface area (Å²) < 4.78 is 4.50. The molecule has 0 fully saturated rings. The first-order valence-electron chi connectivity index (χ1n) is 19.0. The summed E-state index contributed by atoms with van der Waals surface area (Å²) in [5.41, 5.74) is 12.7. The highest BCUT2D eigenvalue weighted by atomic mass is 16.3. The summed E-state index contributed by atoms with van der Waals surface area (Å²) in [7, 11) is 0. The fourth-order valence-corrected chi connectivity index (χ4v) is 8.29. The number of aromatic nitrogens is 4. The van der Waals surface area contributed by atoms with Crippen molar-refractivity contribution in [1.82, 2.24) is 19.1 Å². The van der Waals surface area contributed by atoms with Gasteiger partial charge < -0.3 is 9.67 Å². The normalized spacial score (nSPS) is 11.8. The van der Waals surface area contributed by atoms with Gasteiger partial charge in [0.2, 0.25) is 0 Å². The van der Waals surface area contributed by atoms with Gasteiger partial charge in [-0.25, -0.2) is 4.98 Å². The molecule has 0 bridgehead atoms. The molecule has 0 amide bonds. The summed E-state index contributed by atoms with van der Waals surface area (Å²) in [5.74, 6) is 0.861. The van der Waals surface area contributed by atoms with Crippen LogP contribution in [0.5, 0.6) is 5.75 Å². The number of benzene rings is 7. The molecule has 10 aromatic rings. The van der Waals surface area contributed by atoms with E-state index in [1.807, 2.05) is 42.6 Å². The fourth-order valence-electron chi connectivity index (χ4n) is 8.29. The predicted molar refractivity (Wildman–Crippen MR) is 230 cm³/mol. The molecule has 0 saturated carbocycles. The molecule has 0 spiro atoms. The smallest absolute Gasteiger partial charge is 0.149 e. The number of rotatable bonds is 7. The molecule has 5 heteroatoms. The minimum atomic E-state index is -0.343. The van der Waals surface area contributed by atoms with Gasteiger partial charge in [0, 0.05) is 44.9 Å². The van der Waals surface area contributed by atoms with Crippen molar-refractivity contribution in [2.45, 2.75) is 19.3 Å². The highest BCUT2D eigenvalue weighted by molar-refractivity contribution is 6.13. The molecule has 0 radical (unpaired) electrons. The van der Waals surface area contributed by atoms with Crippen molar-refractivity contribution in [3.05, 3.63) is 199 Å². The molecule has 7 aromatic carbocycles. The van der Waals surface area contributed by atoms with E-state index < -0.39 is 0 Å². The van der Waals surface area contributed by atoms with Crippen LogP contribution in [0.1, 0.15) is 25.0 Å². The van der Waals surface area contributed by atoms with Gasteiger partial charge in [0.25, 0.3) is 0 Å². The fraction of sp³-hybridized carbons (Fsp3) is 0.0588. The number of phenols is 1. The third-order valence-electron chi connectivity index (χ3n) is 11.2. The summed E-state index contributed by atoms with van der Waals surface area (Å²) in [5, 5.41) is 13.5. The summed E-state index contributed by atoms with van der Waals surface area (Å²) in [4.78, 5) is 10.6. The third kappa shape index (κ3) is 5.39. The van der Waals surface area contributed by atoms with E-state index in [1.54, 1.807) is 6.07 Å². The first kappa shape index (κ1) is 33.3. The highest BCUT2D eigenvalue weighted by Gasteiger charge is 2.27. The lowest BCUT2D eigenvalue weighted by Gasteiger charge is -2.27. The lowest BCUT2D eigenvalue weighted by atomic mass is 9.76. The van der Waals surface area contributed by atoms with Crippen LogP contribution in [0.15, 0.2) is 188 Å². The molecule has 1 N–H and O–H groups in total. The Morgan fingerprint density at radius 2 is 1.11 bits per heavy atom. The van der Waals surface area contributed by atoms with Crippen LogP contribution < -0.4 is 0 Å². The van der Waals surface area contributed by atoms with E-state index in [9.17, 15) is 5.11 Å². The van der Waals surface area contributed by atoms with Crippen molar-refractivity contribution >= 4 is 32.8 Å². The van der Waals surface area contributed by atoms with Gasteiger partial charge in [0.15, 0.2) is 0 Å². The molecule has 0 unspecified atom stereocenters. The maximum absolute atomic E-state index is 11.1.